The van der Waals surface area contributed by atoms with Crippen LogP contribution in [0.5, 0.6) is 11.5 Å². The average Bonchev–Trinajstić information content (AvgIpc) is 2.54. The summed E-state index contributed by atoms with van der Waals surface area (Å²) in [6.45, 7) is 4.61. The van der Waals surface area contributed by atoms with E-state index in [-0.39, 0.29) is 24.0 Å². The van der Waals surface area contributed by atoms with Gasteiger partial charge in [0.25, 0.3) is 5.91 Å². The fourth-order valence-electron chi connectivity index (χ4n) is 3.10. The number of amides is 2. The number of likely N-dealkylation sites (tertiary alicyclic amines) is 1. The van der Waals surface area contributed by atoms with Gasteiger partial charge in [0.2, 0.25) is 12.0 Å². The van der Waals surface area contributed by atoms with E-state index in [1.54, 1.807) is 4.90 Å². The van der Waals surface area contributed by atoms with E-state index in [2.05, 4.69) is 5.32 Å². The summed E-state index contributed by atoms with van der Waals surface area (Å²) in [4.78, 5) is 25.6. The second kappa shape index (κ2) is 6.48. The standard InChI is InChI=1S/C17H22N2O4/c1-11-16(23-15-6-4-3-5-14(15)22-11)17(21)19-9-7-13(8-10-19)18-12(2)20/h3-6,11,13,16H,7-10H2,1-2H3,(H,18,20). The fourth-order valence-corrected chi connectivity index (χ4v) is 3.10. The molecule has 1 saturated heterocycles. The van der Waals surface area contributed by atoms with Crippen LogP contribution >= 0.6 is 0 Å². The van der Waals surface area contributed by atoms with Gasteiger partial charge in [-0.05, 0) is 31.9 Å². The number of fused-ring (bicyclic) bond motifs is 1. The second-order valence-electron chi connectivity index (χ2n) is 6.11. The van der Waals surface area contributed by atoms with Gasteiger partial charge in [-0.2, -0.15) is 0 Å². The first-order valence-electron chi connectivity index (χ1n) is 8.03. The van der Waals surface area contributed by atoms with Crippen molar-refractivity contribution in [2.24, 2.45) is 0 Å². The van der Waals surface area contributed by atoms with Crippen LogP contribution in [0.1, 0.15) is 26.7 Å². The molecule has 1 aromatic carbocycles. The highest BCUT2D eigenvalue weighted by molar-refractivity contribution is 5.82. The summed E-state index contributed by atoms with van der Waals surface area (Å²) in [7, 11) is 0. The van der Waals surface area contributed by atoms with Crippen molar-refractivity contribution in [3.8, 4) is 11.5 Å². The van der Waals surface area contributed by atoms with Crippen molar-refractivity contribution in [3.05, 3.63) is 24.3 Å². The number of nitrogens with zero attached hydrogens (tertiary/aromatic N) is 1. The van der Waals surface area contributed by atoms with Crippen LogP contribution in [0, 0.1) is 0 Å². The third kappa shape index (κ3) is 3.41. The van der Waals surface area contributed by atoms with Crippen molar-refractivity contribution in [3.63, 3.8) is 0 Å². The molecule has 23 heavy (non-hydrogen) atoms. The maximum absolute atomic E-state index is 12.7. The summed E-state index contributed by atoms with van der Waals surface area (Å²) in [6.07, 6.45) is 0.584. The first-order chi connectivity index (χ1) is 11.0. The van der Waals surface area contributed by atoms with Crippen LogP contribution in [0.15, 0.2) is 24.3 Å². The lowest BCUT2D eigenvalue weighted by Gasteiger charge is -2.37. The number of para-hydroxylation sites is 2. The minimum absolute atomic E-state index is 0.0241. The van der Waals surface area contributed by atoms with Gasteiger partial charge in [0.05, 0.1) is 0 Å². The lowest BCUT2D eigenvalue weighted by molar-refractivity contribution is -0.145. The van der Waals surface area contributed by atoms with Crippen LogP contribution < -0.4 is 14.8 Å². The quantitative estimate of drug-likeness (QED) is 0.893. The van der Waals surface area contributed by atoms with E-state index in [1.165, 1.54) is 6.92 Å². The van der Waals surface area contributed by atoms with Gasteiger partial charge in [-0.25, -0.2) is 0 Å². The molecule has 2 atom stereocenters. The Morgan fingerprint density at radius 3 is 2.35 bits per heavy atom. The van der Waals surface area contributed by atoms with Crippen molar-refractivity contribution in [2.45, 2.75) is 44.9 Å². The zero-order chi connectivity index (χ0) is 16.4. The van der Waals surface area contributed by atoms with E-state index in [1.807, 2.05) is 31.2 Å². The summed E-state index contributed by atoms with van der Waals surface area (Å²) in [6, 6.07) is 7.54. The number of hydrogen-bond acceptors (Lipinski definition) is 4. The third-order valence-electron chi connectivity index (χ3n) is 4.30. The lowest BCUT2D eigenvalue weighted by atomic mass is 10.0. The van der Waals surface area contributed by atoms with Crippen molar-refractivity contribution in [2.75, 3.05) is 13.1 Å². The Kier molecular flexibility index (Phi) is 4.41. The molecule has 0 aromatic heterocycles. The molecule has 0 spiro atoms. The number of benzene rings is 1. The molecule has 2 amide bonds. The Hall–Kier alpha value is -2.24. The monoisotopic (exact) mass is 318 g/mol. The predicted molar refractivity (Wildman–Crippen MR) is 84.4 cm³/mol. The molecule has 0 bridgehead atoms. The summed E-state index contributed by atoms with van der Waals surface area (Å²) in [5.74, 6) is 1.21. The average molecular weight is 318 g/mol. The van der Waals surface area contributed by atoms with Gasteiger partial charge in [0, 0.05) is 26.1 Å². The van der Waals surface area contributed by atoms with Crippen molar-refractivity contribution in [1.82, 2.24) is 10.2 Å². The Balaban J connectivity index is 1.62. The molecular weight excluding hydrogens is 296 g/mol. The van der Waals surface area contributed by atoms with Gasteiger partial charge in [0.15, 0.2) is 11.5 Å². The van der Waals surface area contributed by atoms with Crippen LogP contribution in [0.3, 0.4) is 0 Å². The molecule has 0 aliphatic carbocycles. The highest BCUT2D eigenvalue weighted by Crippen LogP contribution is 2.34. The number of piperidine rings is 1. The second-order valence-corrected chi connectivity index (χ2v) is 6.11. The number of rotatable bonds is 2. The normalized spacial score (nSPS) is 24.2. The van der Waals surface area contributed by atoms with Gasteiger partial charge in [-0.3, -0.25) is 9.59 Å². The van der Waals surface area contributed by atoms with Gasteiger partial charge >= 0.3 is 0 Å². The zero-order valence-electron chi connectivity index (χ0n) is 13.5. The molecule has 2 aliphatic rings. The maximum atomic E-state index is 12.7. The maximum Gasteiger partial charge on any atom is 0.267 e. The molecule has 0 radical (unpaired) electrons. The van der Waals surface area contributed by atoms with Crippen molar-refractivity contribution < 1.29 is 19.1 Å². The fraction of sp³-hybridized carbons (Fsp3) is 0.529. The minimum atomic E-state index is -0.623. The topological polar surface area (TPSA) is 67.9 Å². The summed E-state index contributed by atoms with van der Waals surface area (Å²) in [5, 5.41) is 2.91. The van der Waals surface area contributed by atoms with Gasteiger partial charge < -0.3 is 19.7 Å². The smallest absolute Gasteiger partial charge is 0.267 e. The van der Waals surface area contributed by atoms with E-state index in [4.69, 9.17) is 9.47 Å². The van der Waals surface area contributed by atoms with E-state index in [9.17, 15) is 9.59 Å². The predicted octanol–water partition coefficient (Wildman–Crippen LogP) is 1.34. The van der Waals surface area contributed by atoms with E-state index in [0.717, 1.165) is 12.8 Å². The number of hydrogen-bond donors (Lipinski definition) is 1. The van der Waals surface area contributed by atoms with Gasteiger partial charge in [-0.1, -0.05) is 12.1 Å². The van der Waals surface area contributed by atoms with E-state index >= 15 is 0 Å². The molecule has 124 valence electrons. The molecule has 2 heterocycles. The van der Waals surface area contributed by atoms with Crippen LogP contribution in [0.2, 0.25) is 0 Å². The molecular formula is C17H22N2O4. The lowest BCUT2D eigenvalue weighted by Crippen LogP contribution is -2.54. The Labute approximate surface area is 135 Å². The van der Waals surface area contributed by atoms with Gasteiger partial charge in [-0.15, -0.1) is 0 Å². The van der Waals surface area contributed by atoms with Crippen LogP contribution in [0.25, 0.3) is 0 Å². The SMILES string of the molecule is CC(=O)NC1CCN(C(=O)C2Oc3ccccc3OC2C)CC1. The number of nitrogens with one attached hydrogen (secondary N) is 1. The van der Waals surface area contributed by atoms with Crippen molar-refractivity contribution in [1.29, 1.82) is 0 Å². The Morgan fingerprint density at radius 2 is 1.74 bits per heavy atom. The summed E-state index contributed by atoms with van der Waals surface area (Å²) >= 11 is 0. The molecule has 3 rings (SSSR count). The third-order valence-corrected chi connectivity index (χ3v) is 4.30. The molecule has 1 fully saturated rings. The molecule has 0 saturated carbocycles. The molecule has 6 nitrogen and oxygen atoms in total. The highest BCUT2D eigenvalue weighted by atomic mass is 16.6. The van der Waals surface area contributed by atoms with Gasteiger partial charge in [0.1, 0.15) is 6.10 Å². The van der Waals surface area contributed by atoms with Crippen LogP contribution in [-0.2, 0) is 9.59 Å². The van der Waals surface area contributed by atoms with E-state index < -0.39 is 6.10 Å². The Morgan fingerprint density at radius 1 is 1.13 bits per heavy atom. The Bertz CT molecular complexity index is 596. The molecule has 1 N–H and O–H groups in total. The number of carbonyl (C=O) groups is 2. The highest BCUT2D eigenvalue weighted by Gasteiger charge is 2.37. The molecule has 2 unspecified atom stereocenters. The molecule has 2 aliphatic heterocycles. The molecule has 6 heteroatoms. The summed E-state index contributed by atoms with van der Waals surface area (Å²) in [5.41, 5.74) is 0. The van der Waals surface area contributed by atoms with E-state index in [0.29, 0.717) is 24.6 Å². The first kappa shape index (κ1) is 15.6. The largest absolute Gasteiger partial charge is 0.482 e. The zero-order valence-corrected chi connectivity index (χ0v) is 13.5. The van der Waals surface area contributed by atoms with Crippen LogP contribution in [-0.4, -0.2) is 48.1 Å². The first-order valence-corrected chi connectivity index (χ1v) is 8.03. The molecule has 1 aromatic rings. The number of ether oxygens (including phenoxy) is 2. The van der Waals surface area contributed by atoms with Crippen LogP contribution in [0.4, 0.5) is 0 Å². The van der Waals surface area contributed by atoms with Crippen molar-refractivity contribution >= 4 is 11.8 Å². The summed E-state index contributed by atoms with van der Waals surface area (Å²) < 4.78 is 11.7. The minimum Gasteiger partial charge on any atom is -0.482 e. The number of carbonyl (C=O) groups excluding carboxylic acids is 2.